The Morgan fingerprint density at radius 1 is 1.43 bits per heavy atom. The summed E-state index contributed by atoms with van der Waals surface area (Å²) < 4.78 is 11.5. The molecule has 0 aromatic heterocycles. The highest BCUT2D eigenvalue weighted by Gasteiger charge is 2.05. The van der Waals surface area contributed by atoms with Gasteiger partial charge in [-0.25, -0.2) is 0 Å². The Bertz CT molecular complexity index is 291. The zero-order chi connectivity index (χ0) is 10.4. The number of rotatable bonds is 5. The SMILES string of the molecule is CCOCOc1c(Br)cccc1CN. The lowest BCUT2D eigenvalue weighted by Crippen LogP contribution is -2.06. The number of hydrogen-bond acceptors (Lipinski definition) is 3. The molecule has 0 amide bonds. The molecule has 2 N–H and O–H groups in total. The van der Waals surface area contributed by atoms with Gasteiger partial charge in [0.05, 0.1) is 4.47 Å². The summed E-state index contributed by atoms with van der Waals surface area (Å²) in [5, 5.41) is 0. The summed E-state index contributed by atoms with van der Waals surface area (Å²) in [6, 6.07) is 5.78. The highest BCUT2D eigenvalue weighted by Crippen LogP contribution is 2.28. The Morgan fingerprint density at radius 3 is 2.86 bits per heavy atom. The number of benzene rings is 1. The van der Waals surface area contributed by atoms with Gasteiger partial charge < -0.3 is 15.2 Å². The smallest absolute Gasteiger partial charge is 0.189 e. The van der Waals surface area contributed by atoms with Gasteiger partial charge in [-0.2, -0.15) is 0 Å². The minimum atomic E-state index is 0.256. The van der Waals surface area contributed by atoms with Gasteiger partial charge in [-0.05, 0) is 28.9 Å². The summed E-state index contributed by atoms with van der Waals surface area (Å²) >= 11 is 3.40. The molecule has 0 atom stereocenters. The molecule has 0 heterocycles. The predicted octanol–water partition coefficient (Wildman–Crippen LogP) is 2.28. The average molecular weight is 260 g/mol. The molecule has 1 rings (SSSR count). The molecule has 0 saturated carbocycles. The minimum Gasteiger partial charge on any atom is -0.466 e. The highest BCUT2D eigenvalue weighted by molar-refractivity contribution is 9.10. The van der Waals surface area contributed by atoms with Crippen LogP contribution >= 0.6 is 15.9 Å². The van der Waals surface area contributed by atoms with E-state index in [1.807, 2.05) is 25.1 Å². The fraction of sp³-hybridized carbons (Fsp3) is 0.400. The van der Waals surface area contributed by atoms with Crippen LogP contribution in [0.1, 0.15) is 12.5 Å². The number of hydrogen-bond donors (Lipinski definition) is 1. The maximum Gasteiger partial charge on any atom is 0.189 e. The summed E-state index contributed by atoms with van der Waals surface area (Å²) in [5.41, 5.74) is 6.55. The average Bonchev–Trinajstić information content (AvgIpc) is 2.20. The van der Waals surface area contributed by atoms with Crippen molar-refractivity contribution in [3.63, 3.8) is 0 Å². The van der Waals surface area contributed by atoms with E-state index in [-0.39, 0.29) is 6.79 Å². The first kappa shape index (κ1) is 11.5. The van der Waals surface area contributed by atoms with Gasteiger partial charge >= 0.3 is 0 Å². The van der Waals surface area contributed by atoms with Crippen molar-refractivity contribution in [2.24, 2.45) is 5.73 Å². The third kappa shape index (κ3) is 2.97. The van der Waals surface area contributed by atoms with E-state index in [0.717, 1.165) is 15.8 Å². The van der Waals surface area contributed by atoms with Gasteiger partial charge in [0.15, 0.2) is 6.79 Å². The van der Waals surface area contributed by atoms with Crippen LogP contribution in [0.2, 0.25) is 0 Å². The van der Waals surface area contributed by atoms with Crippen LogP contribution in [0, 0.1) is 0 Å². The Morgan fingerprint density at radius 2 is 2.21 bits per heavy atom. The van der Waals surface area contributed by atoms with Crippen molar-refractivity contribution in [2.45, 2.75) is 13.5 Å². The first-order valence-electron chi connectivity index (χ1n) is 4.47. The number of ether oxygens (including phenoxy) is 2. The van der Waals surface area contributed by atoms with Crippen LogP contribution < -0.4 is 10.5 Å². The number of nitrogens with two attached hydrogens (primary N) is 1. The summed E-state index contributed by atoms with van der Waals surface area (Å²) in [4.78, 5) is 0. The van der Waals surface area contributed by atoms with Gasteiger partial charge in [-0.15, -0.1) is 0 Å². The van der Waals surface area contributed by atoms with Crippen molar-refractivity contribution in [3.8, 4) is 5.75 Å². The highest BCUT2D eigenvalue weighted by atomic mass is 79.9. The number of halogens is 1. The van der Waals surface area contributed by atoms with Crippen LogP contribution in [0.5, 0.6) is 5.75 Å². The molecule has 4 heteroatoms. The van der Waals surface area contributed by atoms with Gasteiger partial charge in [-0.3, -0.25) is 0 Å². The van der Waals surface area contributed by atoms with E-state index in [0.29, 0.717) is 13.2 Å². The van der Waals surface area contributed by atoms with E-state index in [1.165, 1.54) is 0 Å². The second-order valence-corrected chi connectivity index (χ2v) is 3.54. The van der Waals surface area contributed by atoms with Crippen molar-refractivity contribution in [2.75, 3.05) is 13.4 Å². The molecule has 3 nitrogen and oxygen atoms in total. The third-order valence-electron chi connectivity index (χ3n) is 1.76. The lowest BCUT2D eigenvalue weighted by Gasteiger charge is -2.11. The van der Waals surface area contributed by atoms with Crippen LogP contribution in [-0.4, -0.2) is 13.4 Å². The topological polar surface area (TPSA) is 44.5 Å². The van der Waals surface area contributed by atoms with Crippen LogP contribution in [0.15, 0.2) is 22.7 Å². The van der Waals surface area contributed by atoms with Gasteiger partial charge in [0.1, 0.15) is 5.75 Å². The van der Waals surface area contributed by atoms with Crippen LogP contribution in [0.25, 0.3) is 0 Å². The molecule has 0 fully saturated rings. The molecule has 78 valence electrons. The monoisotopic (exact) mass is 259 g/mol. The van der Waals surface area contributed by atoms with Gasteiger partial charge in [0.25, 0.3) is 0 Å². The van der Waals surface area contributed by atoms with Gasteiger partial charge in [0, 0.05) is 18.7 Å². The fourth-order valence-electron chi connectivity index (χ4n) is 1.06. The quantitative estimate of drug-likeness (QED) is 0.652. The molecule has 0 bridgehead atoms. The predicted molar refractivity (Wildman–Crippen MR) is 59.2 cm³/mol. The van der Waals surface area contributed by atoms with Crippen molar-refractivity contribution < 1.29 is 9.47 Å². The molecular weight excluding hydrogens is 246 g/mol. The Kier molecular flexibility index (Phi) is 4.93. The van der Waals surface area contributed by atoms with E-state index in [2.05, 4.69) is 15.9 Å². The third-order valence-corrected chi connectivity index (χ3v) is 2.38. The molecule has 0 aliphatic rings. The molecule has 0 radical (unpaired) electrons. The van der Waals surface area contributed by atoms with Gasteiger partial charge in [0.2, 0.25) is 0 Å². The van der Waals surface area contributed by atoms with E-state index >= 15 is 0 Å². The molecule has 0 aliphatic heterocycles. The molecule has 0 aliphatic carbocycles. The molecule has 1 aromatic rings. The zero-order valence-electron chi connectivity index (χ0n) is 8.13. The summed E-state index contributed by atoms with van der Waals surface area (Å²) in [6.45, 7) is 3.28. The molecule has 0 saturated heterocycles. The molecule has 0 spiro atoms. The van der Waals surface area contributed by atoms with E-state index in [9.17, 15) is 0 Å². The maximum atomic E-state index is 5.58. The second kappa shape index (κ2) is 6.01. The fourth-order valence-corrected chi connectivity index (χ4v) is 1.58. The van der Waals surface area contributed by atoms with Crippen LogP contribution in [0.3, 0.4) is 0 Å². The maximum absolute atomic E-state index is 5.58. The van der Waals surface area contributed by atoms with E-state index in [4.69, 9.17) is 15.2 Å². The lowest BCUT2D eigenvalue weighted by atomic mass is 10.2. The molecular formula is C10H14BrNO2. The first-order valence-corrected chi connectivity index (χ1v) is 5.27. The Balaban J connectivity index is 2.72. The first-order chi connectivity index (χ1) is 6.79. The van der Waals surface area contributed by atoms with Gasteiger partial charge in [-0.1, -0.05) is 12.1 Å². The minimum absolute atomic E-state index is 0.256. The van der Waals surface area contributed by atoms with Crippen molar-refractivity contribution in [1.82, 2.24) is 0 Å². The zero-order valence-corrected chi connectivity index (χ0v) is 9.71. The van der Waals surface area contributed by atoms with E-state index < -0.39 is 0 Å². The molecule has 14 heavy (non-hydrogen) atoms. The standard InChI is InChI=1S/C10H14BrNO2/c1-2-13-7-14-10-8(6-12)4-3-5-9(10)11/h3-5H,2,6-7,12H2,1H3. The van der Waals surface area contributed by atoms with Crippen LogP contribution in [0.4, 0.5) is 0 Å². The normalized spacial score (nSPS) is 10.2. The molecule has 1 aromatic carbocycles. The molecule has 0 unspecified atom stereocenters. The number of para-hydroxylation sites is 1. The van der Waals surface area contributed by atoms with Crippen molar-refractivity contribution >= 4 is 15.9 Å². The Labute approximate surface area is 92.3 Å². The summed E-state index contributed by atoms with van der Waals surface area (Å²) in [5.74, 6) is 0.767. The van der Waals surface area contributed by atoms with E-state index in [1.54, 1.807) is 0 Å². The van der Waals surface area contributed by atoms with Crippen LogP contribution in [-0.2, 0) is 11.3 Å². The summed E-state index contributed by atoms with van der Waals surface area (Å²) in [6.07, 6.45) is 0. The van der Waals surface area contributed by atoms with Crippen molar-refractivity contribution in [1.29, 1.82) is 0 Å². The lowest BCUT2D eigenvalue weighted by molar-refractivity contribution is 0.0214. The second-order valence-electron chi connectivity index (χ2n) is 2.69. The van der Waals surface area contributed by atoms with Crippen molar-refractivity contribution in [3.05, 3.63) is 28.2 Å². The largest absolute Gasteiger partial charge is 0.466 e. The summed E-state index contributed by atoms with van der Waals surface area (Å²) in [7, 11) is 0. The Hall–Kier alpha value is -0.580.